The predicted octanol–water partition coefficient (Wildman–Crippen LogP) is 2.49. The Bertz CT molecular complexity index is 700. The fraction of sp³-hybridized carbons (Fsp3) is 0.750. The van der Waals surface area contributed by atoms with Gasteiger partial charge in [0.1, 0.15) is 0 Å². The number of carbonyl (C=O) groups is 1. The Balaban J connectivity index is 1.31. The zero-order valence-electron chi connectivity index (χ0n) is 15.6. The maximum Gasteiger partial charge on any atom is 0.317 e. The number of amides is 2. The van der Waals surface area contributed by atoms with Crippen LogP contribution in [0.15, 0.2) is 10.9 Å². The van der Waals surface area contributed by atoms with E-state index in [1.165, 1.54) is 25.7 Å². The third-order valence-corrected chi connectivity index (χ3v) is 6.29. The Morgan fingerprint density at radius 1 is 1.08 bits per heavy atom. The van der Waals surface area contributed by atoms with E-state index >= 15 is 0 Å². The van der Waals surface area contributed by atoms with Crippen molar-refractivity contribution in [3.05, 3.63) is 27.7 Å². The van der Waals surface area contributed by atoms with Crippen molar-refractivity contribution in [2.24, 2.45) is 5.92 Å². The smallest absolute Gasteiger partial charge is 0.317 e. The summed E-state index contributed by atoms with van der Waals surface area (Å²) in [5, 5.41) is 7.82. The molecule has 1 N–H and O–H groups in total. The summed E-state index contributed by atoms with van der Waals surface area (Å²) in [5.74, 6) is 0.428. The van der Waals surface area contributed by atoms with E-state index in [1.54, 1.807) is 10.7 Å². The predicted molar refractivity (Wildman–Crippen MR) is 100 cm³/mol. The highest BCUT2D eigenvalue weighted by atomic mass is 16.2. The van der Waals surface area contributed by atoms with Crippen molar-refractivity contribution in [3.8, 4) is 0 Å². The van der Waals surface area contributed by atoms with Gasteiger partial charge in [0, 0.05) is 31.7 Å². The number of aryl methyl sites for hydroxylation is 2. The molecular formula is C20H30N4O2. The Labute approximate surface area is 155 Å². The average molecular weight is 358 g/mol. The molecule has 2 fully saturated rings. The number of hydrogen-bond acceptors (Lipinski definition) is 3. The van der Waals surface area contributed by atoms with Crippen LogP contribution in [-0.2, 0) is 19.4 Å². The largest absolute Gasteiger partial charge is 0.335 e. The number of rotatable bonds is 3. The molecule has 1 aromatic heterocycles. The minimum atomic E-state index is 0.0343. The third kappa shape index (κ3) is 3.94. The fourth-order valence-electron chi connectivity index (χ4n) is 4.63. The summed E-state index contributed by atoms with van der Waals surface area (Å²) in [6.07, 6.45) is 10.9. The maximum atomic E-state index is 12.4. The summed E-state index contributed by atoms with van der Waals surface area (Å²) >= 11 is 0. The van der Waals surface area contributed by atoms with Crippen molar-refractivity contribution in [1.82, 2.24) is 20.0 Å². The van der Waals surface area contributed by atoms with Crippen LogP contribution in [-0.4, -0.2) is 39.8 Å². The lowest BCUT2D eigenvalue weighted by molar-refractivity contribution is 0.160. The SMILES string of the molecule is O=C(NC1CCCC1)N1CCC(Cn2nc3c(cc2=O)CCCC3)CC1. The van der Waals surface area contributed by atoms with Crippen molar-refractivity contribution >= 4 is 6.03 Å². The molecular weight excluding hydrogens is 328 g/mol. The van der Waals surface area contributed by atoms with Gasteiger partial charge in [0.25, 0.3) is 5.56 Å². The van der Waals surface area contributed by atoms with E-state index in [-0.39, 0.29) is 11.6 Å². The minimum Gasteiger partial charge on any atom is -0.335 e. The number of urea groups is 1. The first-order chi connectivity index (χ1) is 12.7. The van der Waals surface area contributed by atoms with Gasteiger partial charge in [-0.15, -0.1) is 0 Å². The molecule has 142 valence electrons. The highest BCUT2D eigenvalue weighted by molar-refractivity contribution is 5.74. The van der Waals surface area contributed by atoms with Crippen LogP contribution < -0.4 is 10.9 Å². The van der Waals surface area contributed by atoms with E-state index < -0.39 is 0 Å². The molecule has 0 spiro atoms. The lowest BCUT2D eigenvalue weighted by Crippen LogP contribution is -2.47. The highest BCUT2D eigenvalue weighted by Gasteiger charge is 2.26. The van der Waals surface area contributed by atoms with E-state index in [0.29, 0.717) is 18.5 Å². The monoisotopic (exact) mass is 358 g/mol. The van der Waals surface area contributed by atoms with Gasteiger partial charge in [-0.3, -0.25) is 4.79 Å². The van der Waals surface area contributed by atoms with Crippen LogP contribution in [0.5, 0.6) is 0 Å². The number of piperidine rings is 1. The Morgan fingerprint density at radius 3 is 2.58 bits per heavy atom. The molecule has 1 aliphatic heterocycles. The van der Waals surface area contributed by atoms with Gasteiger partial charge in [-0.1, -0.05) is 12.8 Å². The molecule has 1 aromatic rings. The zero-order valence-corrected chi connectivity index (χ0v) is 15.6. The fourth-order valence-corrected chi connectivity index (χ4v) is 4.63. The molecule has 4 rings (SSSR count). The number of nitrogens with zero attached hydrogens (tertiary/aromatic N) is 3. The molecule has 6 heteroatoms. The number of aromatic nitrogens is 2. The summed E-state index contributed by atoms with van der Waals surface area (Å²) in [6, 6.07) is 2.27. The third-order valence-electron chi connectivity index (χ3n) is 6.29. The summed E-state index contributed by atoms with van der Waals surface area (Å²) in [5.41, 5.74) is 2.30. The van der Waals surface area contributed by atoms with Gasteiger partial charge < -0.3 is 10.2 Å². The van der Waals surface area contributed by atoms with Gasteiger partial charge in [-0.2, -0.15) is 5.10 Å². The van der Waals surface area contributed by atoms with Crippen LogP contribution in [0.25, 0.3) is 0 Å². The standard InChI is InChI=1S/C20H30N4O2/c25-19-13-16-5-1-4-8-18(16)22-24(19)14-15-9-11-23(12-10-15)20(26)21-17-6-2-3-7-17/h13,15,17H,1-12,14H2,(H,21,26). The Morgan fingerprint density at radius 2 is 1.81 bits per heavy atom. The van der Waals surface area contributed by atoms with E-state index in [4.69, 9.17) is 0 Å². The second-order valence-corrected chi connectivity index (χ2v) is 8.21. The normalized spacial score (nSPS) is 21.6. The molecule has 2 heterocycles. The van der Waals surface area contributed by atoms with Crippen molar-refractivity contribution in [1.29, 1.82) is 0 Å². The molecule has 2 amide bonds. The second kappa shape index (κ2) is 7.80. The highest BCUT2D eigenvalue weighted by Crippen LogP contribution is 2.22. The quantitative estimate of drug-likeness (QED) is 0.903. The Kier molecular flexibility index (Phi) is 5.27. The average Bonchev–Trinajstić information content (AvgIpc) is 3.16. The minimum absolute atomic E-state index is 0.0343. The first-order valence-electron chi connectivity index (χ1n) is 10.3. The molecule has 1 saturated carbocycles. The summed E-state index contributed by atoms with van der Waals surface area (Å²) in [4.78, 5) is 26.7. The summed E-state index contributed by atoms with van der Waals surface area (Å²) in [6.45, 7) is 2.25. The first-order valence-corrected chi connectivity index (χ1v) is 10.3. The van der Waals surface area contributed by atoms with Crippen molar-refractivity contribution in [3.63, 3.8) is 0 Å². The molecule has 0 bridgehead atoms. The summed E-state index contributed by atoms with van der Waals surface area (Å²) < 4.78 is 1.67. The molecule has 26 heavy (non-hydrogen) atoms. The van der Waals surface area contributed by atoms with Gasteiger partial charge in [0.15, 0.2) is 0 Å². The second-order valence-electron chi connectivity index (χ2n) is 8.21. The molecule has 6 nitrogen and oxygen atoms in total. The molecule has 2 aliphatic carbocycles. The number of fused-ring (bicyclic) bond motifs is 1. The van der Waals surface area contributed by atoms with Gasteiger partial charge in [-0.05, 0) is 62.8 Å². The van der Waals surface area contributed by atoms with E-state index in [0.717, 1.165) is 62.9 Å². The number of hydrogen-bond donors (Lipinski definition) is 1. The molecule has 0 unspecified atom stereocenters. The van der Waals surface area contributed by atoms with Gasteiger partial charge in [0.2, 0.25) is 0 Å². The van der Waals surface area contributed by atoms with Crippen LogP contribution in [0.3, 0.4) is 0 Å². The molecule has 0 atom stereocenters. The van der Waals surface area contributed by atoms with Crippen LogP contribution in [0.4, 0.5) is 4.79 Å². The molecule has 1 saturated heterocycles. The lowest BCUT2D eigenvalue weighted by atomic mass is 9.96. The van der Waals surface area contributed by atoms with Crippen LogP contribution >= 0.6 is 0 Å². The van der Waals surface area contributed by atoms with Crippen molar-refractivity contribution < 1.29 is 4.79 Å². The maximum absolute atomic E-state index is 12.4. The zero-order chi connectivity index (χ0) is 17.9. The molecule has 0 aromatic carbocycles. The Hall–Kier alpha value is -1.85. The van der Waals surface area contributed by atoms with Gasteiger partial charge >= 0.3 is 6.03 Å². The van der Waals surface area contributed by atoms with E-state index in [2.05, 4.69) is 10.4 Å². The van der Waals surface area contributed by atoms with Crippen molar-refractivity contribution in [2.45, 2.75) is 76.8 Å². The number of nitrogens with one attached hydrogen (secondary N) is 1. The van der Waals surface area contributed by atoms with Gasteiger partial charge in [0.05, 0.1) is 5.69 Å². The number of carbonyl (C=O) groups excluding carboxylic acids is 1. The van der Waals surface area contributed by atoms with E-state index in [9.17, 15) is 9.59 Å². The first kappa shape index (κ1) is 17.6. The topological polar surface area (TPSA) is 67.2 Å². The summed E-state index contributed by atoms with van der Waals surface area (Å²) in [7, 11) is 0. The van der Waals surface area contributed by atoms with E-state index in [1.807, 2.05) is 4.90 Å². The lowest BCUT2D eigenvalue weighted by Gasteiger charge is -2.33. The van der Waals surface area contributed by atoms with Crippen LogP contribution in [0.2, 0.25) is 0 Å². The van der Waals surface area contributed by atoms with Gasteiger partial charge in [-0.25, -0.2) is 9.48 Å². The van der Waals surface area contributed by atoms with Crippen LogP contribution in [0, 0.1) is 5.92 Å². The molecule has 3 aliphatic rings. The molecule has 0 radical (unpaired) electrons. The van der Waals surface area contributed by atoms with Crippen LogP contribution in [0.1, 0.15) is 62.6 Å². The number of likely N-dealkylation sites (tertiary alicyclic amines) is 1. The van der Waals surface area contributed by atoms with Crippen molar-refractivity contribution in [2.75, 3.05) is 13.1 Å².